The Labute approximate surface area is 146 Å². The number of ether oxygens (including phenoxy) is 1. The van der Waals surface area contributed by atoms with Gasteiger partial charge in [0.25, 0.3) is 0 Å². The monoisotopic (exact) mass is 365 g/mol. The number of thioether (sulfide) groups is 1. The van der Waals surface area contributed by atoms with Crippen molar-refractivity contribution in [3.63, 3.8) is 0 Å². The molecule has 3 heterocycles. The first-order valence-electron chi connectivity index (χ1n) is 6.88. The summed E-state index contributed by atoms with van der Waals surface area (Å²) in [5, 5.41) is 18.3. The van der Waals surface area contributed by atoms with E-state index in [-0.39, 0.29) is 11.7 Å². The Morgan fingerprint density at radius 3 is 2.96 bits per heavy atom. The molecule has 24 heavy (non-hydrogen) atoms. The molecule has 0 fully saturated rings. The van der Waals surface area contributed by atoms with E-state index in [1.54, 1.807) is 35.0 Å². The number of methoxy groups -OCH3 is 1. The van der Waals surface area contributed by atoms with Gasteiger partial charge in [-0.3, -0.25) is 9.48 Å². The lowest BCUT2D eigenvalue weighted by atomic mass is 10.3. The van der Waals surface area contributed by atoms with Gasteiger partial charge in [0.1, 0.15) is 5.56 Å². The molecular weight excluding hydrogens is 350 g/mol. The number of amides is 1. The lowest BCUT2D eigenvalue weighted by molar-refractivity contribution is -0.113. The van der Waals surface area contributed by atoms with E-state index in [0.717, 1.165) is 5.56 Å². The van der Waals surface area contributed by atoms with Crippen molar-refractivity contribution in [3.05, 3.63) is 17.8 Å². The van der Waals surface area contributed by atoms with Crippen LogP contribution in [0.15, 0.2) is 22.9 Å². The fourth-order valence-electron chi connectivity index (χ4n) is 2.02. The zero-order valence-electron chi connectivity index (χ0n) is 13.3. The molecular formula is C13H15N7O2S2. The maximum absolute atomic E-state index is 11.9. The zero-order valence-corrected chi connectivity index (χ0v) is 14.9. The van der Waals surface area contributed by atoms with E-state index in [1.165, 1.54) is 23.1 Å². The van der Waals surface area contributed by atoms with Gasteiger partial charge in [-0.15, -0.1) is 26.6 Å². The second-order valence-corrected chi connectivity index (χ2v) is 6.60. The highest BCUT2D eigenvalue weighted by atomic mass is 32.2. The molecule has 1 amide bonds. The fourth-order valence-corrected chi connectivity index (χ4v) is 3.27. The minimum atomic E-state index is -0.140. The van der Waals surface area contributed by atoms with Gasteiger partial charge in [0.15, 0.2) is 16.1 Å². The first-order valence-corrected chi connectivity index (χ1v) is 8.74. The lowest BCUT2D eigenvalue weighted by Gasteiger charge is -2.03. The molecule has 0 aliphatic heterocycles. The maximum Gasteiger partial charge on any atom is 0.243 e. The Bertz CT molecular complexity index is 841. The van der Waals surface area contributed by atoms with Crippen molar-refractivity contribution in [3.8, 4) is 17.3 Å². The number of aromatic nitrogens is 6. The van der Waals surface area contributed by atoms with Crippen molar-refractivity contribution >= 4 is 34.1 Å². The highest BCUT2D eigenvalue weighted by Gasteiger charge is 2.18. The van der Waals surface area contributed by atoms with Crippen LogP contribution in [0.2, 0.25) is 0 Å². The van der Waals surface area contributed by atoms with E-state index in [9.17, 15) is 4.79 Å². The minimum absolute atomic E-state index is 0.140. The van der Waals surface area contributed by atoms with Gasteiger partial charge in [-0.1, -0.05) is 11.8 Å². The maximum atomic E-state index is 11.9. The summed E-state index contributed by atoms with van der Waals surface area (Å²) in [7, 11) is 5.20. The molecule has 0 aliphatic rings. The molecule has 0 bridgehead atoms. The smallest absolute Gasteiger partial charge is 0.243 e. The van der Waals surface area contributed by atoms with Crippen LogP contribution in [0.1, 0.15) is 0 Å². The molecule has 0 saturated carbocycles. The third kappa shape index (κ3) is 3.41. The molecule has 0 aromatic carbocycles. The SMILES string of the molecule is COc1nn(C)cc1-c1nnc(SCC(=O)Nc2nccs2)n1C. The summed E-state index contributed by atoms with van der Waals surface area (Å²) in [4.78, 5) is 15.9. The topological polar surface area (TPSA) is 99.8 Å². The molecule has 3 aromatic rings. The molecule has 3 rings (SSSR count). The standard InChI is InChI=1S/C13H15N7O2S2/c1-19-6-8(11(18-19)22-3)10-16-17-13(20(10)2)24-7-9(21)15-12-14-4-5-23-12/h4-6H,7H2,1-3H3,(H,14,15,21). The summed E-state index contributed by atoms with van der Waals surface area (Å²) < 4.78 is 8.71. The second kappa shape index (κ2) is 7.01. The van der Waals surface area contributed by atoms with Crippen molar-refractivity contribution in [2.45, 2.75) is 5.16 Å². The average Bonchev–Trinajstić information content (AvgIpc) is 3.26. The van der Waals surface area contributed by atoms with E-state index < -0.39 is 0 Å². The van der Waals surface area contributed by atoms with Gasteiger partial charge in [-0.25, -0.2) is 4.98 Å². The second-order valence-electron chi connectivity index (χ2n) is 4.77. The fraction of sp³-hybridized carbons (Fsp3) is 0.308. The molecule has 9 nitrogen and oxygen atoms in total. The number of anilines is 1. The van der Waals surface area contributed by atoms with Crippen LogP contribution in [0.25, 0.3) is 11.4 Å². The quantitative estimate of drug-likeness (QED) is 0.659. The minimum Gasteiger partial charge on any atom is -0.479 e. The first kappa shape index (κ1) is 16.5. The zero-order chi connectivity index (χ0) is 17.1. The van der Waals surface area contributed by atoms with Crippen LogP contribution < -0.4 is 10.1 Å². The summed E-state index contributed by atoms with van der Waals surface area (Å²) in [6, 6.07) is 0. The number of hydrogen-bond acceptors (Lipinski definition) is 8. The van der Waals surface area contributed by atoms with Gasteiger partial charge in [0, 0.05) is 31.9 Å². The number of rotatable bonds is 6. The predicted octanol–water partition coefficient (Wildman–Crippen LogP) is 1.41. The van der Waals surface area contributed by atoms with Crippen LogP contribution in [0.3, 0.4) is 0 Å². The summed E-state index contributed by atoms with van der Waals surface area (Å²) in [6.07, 6.45) is 3.45. The Balaban J connectivity index is 1.69. The van der Waals surface area contributed by atoms with Crippen molar-refractivity contribution in [2.75, 3.05) is 18.2 Å². The number of carbonyl (C=O) groups excluding carboxylic acids is 1. The molecule has 0 spiro atoms. The highest BCUT2D eigenvalue weighted by molar-refractivity contribution is 7.99. The lowest BCUT2D eigenvalue weighted by Crippen LogP contribution is -2.14. The Kier molecular flexibility index (Phi) is 4.81. The number of hydrogen-bond donors (Lipinski definition) is 1. The summed E-state index contributed by atoms with van der Waals surface area (Å²) in [5.41, 5.74) is 0.745. The predicted molar refractivity (Wildman–Crippen MR) is 91.2 cm³/mol. The van der Waals surface area contributed by atoms with E-state index in [4.69, 9.17) is 4.74 Å². The van der Waals surface area contributed by atoms with Gasteiger partial charge < -0.3 is 14.6 Å². The van der Waals surface area contributed by atoms with Crippen molar-refractivity contribution in [1.82, 2.24) is 29.5 Å². The molecule has 3 aromatic heterocycles. The first-order chi connectivity index (χ1) is 11.6. The van der Waals surface area contributed by atoms with Crippen LogP contribution in [0.5, 0.6) is 5.88 Å². The molecule has 0 radical (unpaired) electrons. The van der Waals surface area contributed by atoms with E-state index in [0.29, 0.717) is 22.0 Å². The Morgan fingerprint density at radius 1 is 1.42 bits per heavy atom. The molecule has 0 unspecified atom stereocenters. The third-order valence-corrected chi connectivity index (χ3v) is 4.78. The van der Waals surface area contributed by atoms with Crippen LogP contribution in [0.4, 0.5) is 5.13 Å². The Hall–Kier alpha value is -2.40. The molecule has 126 valence electrons. The van der Waals surface area contributed by atoms with Crippen molar-refractivity contribution in [2.24, 2.45) is 14.1 Å². The number of nitrogens with one attached hydrogen (secondary N) is 1. The molecule has 0 saturated heterocycles. The van der Waals surface area contributed by atoms with Crippen LogP contribution >= 0.6 is 23.1 Å². The largest absolute Gasteiger partial charge is 0.479 e. The average molecular weight is 365 g/mol. The third-order valence-electron chi connectivity index (χ3n) is 3.08. The summed E-state index contributed by atoms with van der Waals surface area (Å²) in [5.74, 6) is 1.18. The molecule has 0 atom stereocenters. The number of nitrogens with zero attached hydrogens (tertiary/aromatic N) is 6. The van der Waals surface area contributed by atoms with E-state index >= 15 is 0 Å². The van der Waals surface area contributed by atoms with Crippen LogP contribution in [-0.4, -0.2) is 48.3 Å². The molecule has 1 N–H and O–H groups in total. The molecule has 11 heteroatoms. The summed E-state index contributed by atoms with van der Waals surface area (Å²) in [6.45, 7) is 0. The number of carbonyl (C=O) groups is 1. The van der Waals surface area contributed by atoms with Gasteiger partial charge in [0.05, 0.1) is 12.9 Å². The van der Waals surface area contributed by atoms with Crippen molar-refractivity contribution in [1.29, 1.82) is 0 Å². The van der Waals surface area contributed by atoms with Gasteiger partial charge in [-0.2, -0.15) is 0 Å². The van der Waals surface area contributed by atoms with Gasteiger partial charge in [-0.05, 0) is 0 Å². The normalized spacial score (nSPS) is 10.8. The van der Waals surface area contributed by atoms with Crippen LogP contribution in [-0.2, 0) is 18.9 Å². The van der Waals surface area contributed by atoms with Gasteiger partial charge in [0.2, 0.25) is 11.8 Å². The molecule has 0 aliphatic carbocycles. The van der Waals surface area contributed by atoms with E-state index in [1.807, 2.05) is 13.2 Å². The van der Waals surface area contributed by atoms with Gasteiger partial charge >= 0.3 is 0 Å². The summed E-state index contributed by atoms with van der Waals surface area (Å²) >= 11 is 2.67. The Morgan fingerprint density at radius 2 is 2.25 bits per heavy atom. The van der Waals surface area contributed by atoms with E-state index in [2.05, 4.69) is 25.6 Å². The number of thiazole rings is 1. The van der Waals surface area contributed by atoms with Crippen LogP contribution in [0, 0.1) is 0 Å². The highest BCUT2D eigenvalue weighted by Crippen LogP contribution is 2.29. The van der Waals surface area contributed by atoms with Crippen molar-refractivity contribution < 1.29 is 9.53 Å². The number of aryl methyl sites for hydroxylation is 1.